The molecule has 1 atom stereocenters. The molecule has 2 N–H and O–H groups in total. The van der Waals surface area contributed by atoms with Crippen LogP contribution < -0.4 is 29.6 Å². The van der Waals surface area contributed by atoms with Crippen molar-refractivity contribution in [2.24, 2.45) is 0 Å². The molecule has 0 amide bonds. The van der Waals surface area contributed by atoms with Crippen LogP contribution in [0.2, 0.25) is 0 Å². The van der Waals surface area contributed by atoms with Gasteiger partial charge in [0.2, 0.25) is 0 Å². The summed E-state index contributed by atoms with van der Waals surface area (Å²) in [4.78, 5) is 0. The molecular formula is CH7NaO5S2. The Morgan fingerprint density at radius 3 is 1.56 bits per heavy atom. The van der Waals surface area contributed by atoms with Gasteiger partial charge in [-0.25, -0.2) is 4.21 Å². The zero-order valence-corrected chi connectivity index (χ0v) is 7.57. The quantitative estimate of drug-likeness (QED) is 0.194. The van der Waals surface area contributed by atoms with Gasteiger partial charge in [0, 0.05) is 0 Å². The third kappa shape index (κ3) is 9.02. The van der Waals surface area contributed by atoms with Gasteiger partial charge < -0.3 is 1.43 Å². The third-order valence-corrected chi connectivity index (χ3v) is 1.62. The molecule has 9 heavy (non-hydrogen) atoms. The van der Waals surface area contributed by atoms with Gasteiger partial charge in [0.05, 0.1) is 0 Å². The first-order valence-electron chi connectivity index (χ1n) is 1.03. The Morgan fingerprint density at radius 1 is 1.44 bits per heavy atom. The standard InChI is InChI=1S/CH4.Na.H2O5S2.H/c;;1-6(2)7(3,4)5;/h1H4;;(H,1,2)(H,3,4,5);/q;+1;;-1. The van der Waals surface area contributed by atoms with Crippen molar-refractivity contribution in [1.82, 2.24) is 0 Å². The number of hydrogen-bond donors (Lipinski definition) is 2. The van der Waals surface area contributed by atoms with Gasteiger partial charge in [-0.3, -0.25) is 9.11 Å². The molecule has 54 valence electrons. The molecule has 5 nitrogen and oxygen atoms in total. The van der Waals surface area contributed by atoms with Crippen molar-refractivity contribution in [2.45, 2.75) is 7.43 Å². The van der Waals surface area contributed by atoms with E-state index in [2.05, 4.69) is 0 Å². The van der Waals surface area contributed by atoms with Crippen molar-refractivity contribution in [2.75, 3.05) is 0 Å². The van der Waals surface area contributed by atoms with Crippen LogP contribution in [0.1, 0.15) is 8.85 Å². The molecule has 0 aromatic heterocycles. The zero-order valence-electron chi connectivity index (χ0n) is 4.94. The van der Waals surface area contributed by atoms with Crippen molar-refractivity contribution in [3.63, 3.8) is 0 Å². The Hall–Kier alpha value is 1.02. The van der Waals surface area contributed by atoms with E-state index in [9.17, 15) is 12.6 Å². The second-order valence-electron chi connectivity index (χ2n) is 0.645. The van der Waals surface area contributed by atoms with Crippen molar-refractivity contribution in [1.29, 1.82) is 0 Å². The first kappa shape index (κ1) is 16.5. The first-order valence-corrected chi connectivity index (χ1v) is 4.10. The fourth-order valence-corrected chi connectivity index (χ4v) is 0. The van der Waals surface area contributed by atoms with Gasteiger partial charge >= 0.3 is 48.8 Å². The van der Waals surface area contributed by atoms with Gasteiger partial charge in [-0.15, -0.1) is 0 Å². The monoisotopic (exact) mass is 186 g/mol. The smallest absolute Gasteiger partial charge is 1.00 e. The molecule has 0 saturated carbocycles. The van der Waals surface area contributed by atoms with E-state index in [1.54, 1.807) is 0 Å². The summed E-state index contributed by atoms with van der Waals surface area (Å²) >= 11 is 0. The van der Waals surface area contributed by atoms with Crippen LogP contribution in [-0.2, 0) is 19.3 Å². The molecule has 1 unspecified atom stereocenters. The third-order valence-electron chi connectivity index (χ3n) is 0.180. The molecule has 0 bridgehead atoms. The molecule has 8 heteroatoms. The molecule has 0 heterocycles. The molecule has 0 radical (unpaired) electrons. The minimum Gasteiger partial charge on any atom is -1.00 e. The number of rotatable bonds is 1. The first-order chi connectivity index (χ1) is 2.94. The van der Waals surface area contributed by atoms with Gasteiger partial charge in [-0.05, 0) is 0 Å². The van der Waals surface area contributed by atoms with E-state index in [0.717, 1.165) is 0 Å². The minimum atomic E-state index is -4.71. The van der Waals surface area contributed by atoms with Crippen molar-refractivity contribution in [3.8, 4) is 0 Å². The van der Waals surface area contributed by atoms with Crippen molar-refractivity contribution >= 4 is 19.3 Å². The number of hydrogen-bond acceptors (Lipinski definition) is 3. The van der Waals surface area contributed by atoms with Crippen LogP contribution in [0.15, 0.2) is 0 Å². The zero-order chi connectivity index (χ0) is 6.08. The minimum absolute atomic E-state index is 0. The van der Waals surface area contributed by atoms with Gasteiger partial charge in [0.15, 0.2) is 0 Å². The van der Waals surface area contributed by atoms with Gasteiger partial charge in [-0.1, -0.05) is 7.43 Å². The Balaban J connectivity index is -0.0000000600. The summed E-state index contributed by atoms with van der Waals surface area (Å²) in [6.45, 7) is 0. The van der Waals surface area contributed by atoms with E-state index in [1.165, 1.54) is 0 Å². The maximum absolute atomic E-state index is 9.34. The molecule has 0 aliphatic heterocycles. The van der Waals surface area contributed by atoms with Crippen molar-refractivity contribution in [3.05, 3.63) is 0 Å². The second-order valence-corrected chi connectivity index (χ2v) is 4.05. The molecule has 0 aromatic carbocycles. The average molecular weight is 186 g/mol. The summed E-state index contributed by atoms with van der Waals surface area (Å²) in [7, 11) is -7.87. The van der Waals surface area contributed by atoms with Crippen LogP contribution in [0.4, 0.5) is 0 Å². The summed E-state index contributed by atoms with van der Waals surface area (Å²) in [6.07, 6.45) is 0. The predicted octanol–water partition coefficient (Wildman–Crippen LogP) is -3.24. The van der Waals surface area contributed by atoms with Gasteiger partial charge in [0.1, 0.15) is 0 Å². The van der Waals surface area contributed by atoms with E-state index < -0.39 is 19.3 Å². The van der Waals surface area contributed by atoms with E-state index in [0.29, 0.717) is 0 Å². The fraction of sp³-hybridized carbons (Fsp3) is 1.00. The van der Waals surface area contributed by atoms with Crippen LogP contribution in [0.5, 0.6) is 0 Å². The summed E-state index contributed by atoms with van der Waals surface area (Å²) in [5.74, 6) is 0. The molecule has 0 aromatic rings. The van der Waals surface area contributed by atoms with E-state index >= 15 is 0 Å². The van der Waals surface area contributed by atoms with E-state index in [1.807, 2.05) is 0 Å². The molecule has 0 saturated heterocycles. The SMILES string of the molecule is C.O=S(O)S(=O)(=O)O.[H-].[Na+]. The Labute approximate surface area is 79.0 Å². The summed E-state index contributed by atoms with van der Waals surface area (Å²) in [5, 5.41) is 0. The van der Waals surface area contributed by atoms with Crippen LogP contribution in [0.25, 0.3) is 0 Å². The normalized spacial score (nSPS) is 12.7. The van der Waals surface area contributed by atoms with Crippen LogP contribution in [0.3, 0.4) is 0 Å². The Morgan fingerprint density at radius 2 is 1.56 bits per heavy atom. The van der Waals surface area contributed by atoms with Crippen LogP contribution in [-0.4, -0.2) is 21.7 Å². The summed E-state index contributed by atoms with van der Waals surface area (Å²) < 4.78 is 43.0. The fourth-order valence-electron chi connectivity index (χ4n) is 0. The molecule has 0 aliphatic rings. The summed E-state index contributed by atoms with van der Waals surface area (Å²) in [5.41, 5.74) is 0. The average Bonchev–Trinajstić information content (AvgIpc) is 1.31. The maximum Gasteiger partial charge on any atom is 1.00 e. The Bertz CT molecular complexity index is 174. The largest absolute Gasteiger partial charge is 1.00 e. The van der Waals surface area contributed by atoms with Gasteiger partial charge in [-0.2, -0.15) is 8.42 Å². The predicted molar refractivity (Wildman–Crippen MR) is 30.2 cm³/mol. The molecule has 0 spiro atoms. The van der Waals surface area contributed by atoms with Crippen LogP contribution >= 0.6 is 0 Å². The molecular weight excluding hydrogens is 179 g/mol. The Kier molecular flexibility index (Phi) is 10.6. The maximum atomic E-state index is 9.34. The van der Waals surface area contributed by atoms with E-state index in [4.69, 9.17) is 9.11 Å². The summed E-state index contributed by atoms with van der Waals surface area (Å²) in [6, 6.07) is 0. The molecule has 0 rings (SSSR count). The molecule has 0 aliphatic carbocycles. The molecule has 0 fully saturated rings. The topological polar surface area (TPSA) is 91.7 Å². The van der Waals surface area contributed by atoms with Crippen LogP contribution in [0, 0.1) is 0 Å². The van der Waals surface area contributed by atoms with E-state index in [-0.39, 0.29) is 38.4 Å². The van der Waals surface area contributed by atoms with Gasteiger partial charge in [0.25, 0.3) is 0 Å². The van der Waals surface area contributed by atoms with Crippen molar-refractivity contribution < 1.29 is 52.7 Å². The second kappa shape index (κ2) is 5.78.